The van der Waals surface area contributed by atoms with Gasteiger partial charge in [0.25, 0.3) is 0 Å². The summed E-state index contributed by atoms with van der Waals surface area (Å²) in [4.78, 5) is 4.60. The Bertz CT molecular complexity index is 686. The van der Waals surface area contributed by atoms with Gasteiger partial charge < -0.3 is 15.2 Å². The van der Waals surface area contributed by atoms with Crippen LogP contribution in [-0.2, 0) is 5.54 Å². The fourth-order valence-electron chi connectivity index (χ4n) is 3.58. The standard InChI is InChI=1S/C18H24N2O2/c1-12-5-4-6-18(19,10-12)14-7-13-8-16(21-2)17(22-3)9-15(13)20-11-14/h7-9,11-12H,4-6,10,19H2,1-3H3/t12-,18-/m1/s1. The van der Waals surface area contributed by atoms with Crippen LogP contribution in [0.4, 0.5) is 0 Å². The quantitative estimate of drug-likeness (QED) is 0.940. The summed E-state index contributed by atoms with van der Waals surface area (Å²) in [5.41, 5.74) is 8.46. The summed E-state index contributed by atoms with van der Waals surface area (Å²) in [6.45, 7) is 2.28. The monoisotopic (exact) mass is 300 g/mol. The van der Waals surface area contributed by atoms with Crippen LogP contribution in [0.15, 0.2) is 24.4 Å². The minimum Gasteiger partial charge on any atom is -0.493 e. The number of benzene rings is 1. The summed E-state index contributed by atoms with van der Waals surface area (Å²) in [5.74, 6) is 2.08. The van der Waals surface area contributed by atoms with Crippen molar-refractivity contribution in [3.05, 3.63) is 30.0 Å². The SMILES string of the molecule is COc1cc2cc([C@@]3(N)CCC[C@@H](C)C3)cnc2cc1OC. The number of nitrogens with two attached hydrogens (primary N) is 1. The van der Waals surface area contributed by atoms with Crippen LogP contribution in [0.3, 0.4) is 0 Å². The van der Waals surface area contributed by atoms with Crippen LogP contribution >= 0.6 is 0 Å². The lowest BCUT2D eigenvalue weighted by Gasteiger charge is -2.37. The van der Waals surface area contributed by atoms with Gasteiger partial charge in [0, 0.05) is 23.2 Å². The molecule has 1 aliphatic rings. The van der Waals surface area contributed by atoms with Crippen molar-refractivity contribution in [2.24, 2.45) is 11.7 Å². The number of methoxy groups -OCH3 is 2. The van der Waals surface area contributed by atoms with E-state index in [0.29, 0.717) is 11.7 Å². The average Bonchev–Trinajstić information content (AvgIpc) is 2.52. The van der Waals surface area contributed by atoms with Gasteiger partial charge in [-0.3, -0.25) is 4.98 Å². The predicted molar refractivity (Wildman–Crippen MR) is 88.3 cm³/mol. The number of hydrogen-bond acceptors (Lipinski definition) is 4. The molecule has 118 valence electrons. The van der Waals surface area contributed by atoms with Gasteiger partial charge in [0.1, 0.15) is 0 Å². The number of ether oxygens (including phenoxy) is 2. The highest BCUT2D eigenvalue weighted by molar-refractivity contribution is 5.83. The first-order valence-corrected chi connectivity index (χ1v) is 7.87. The molecule has 2 aromatic rings. The van der Waals surface area contributed by atoms with E-state index in [1.807, 2.05) is 18.3 Å². The van der Waals surface area contributed by atoms with E-state index in [1.165, 1.54) is 12.8 Å². The Hall–Kier alpha value is -1.81. The Morgan fingerprint density at radius 3 is 2.59 bits per heavy atom. The first-order chi connectivity index (χ1) is 10.6. The molecular weight excluding hydrogens is 276 g/mol. The zero-order valence-electron chi connectivity index (χ0n) is 13.6. The molecule has 2 N–H and O–H groups in total. The highest BCUT2D eigenvalue weighted by Gasteiger charge is 2.33. The van der Waals surface area contributed by atoms with Gasteiger partial charge in [0.15, 0.2) is 11.5 Å². The van der Waals surface area contributed by atoms with Crippen LogP contribution < -0.4 is 15.2 Å². The predicted octanol–water partition coefficient (Wildman–Crippen LogP) is 3.62. The van der Waals surface area contributed by atoms with Crippen LogP contribution in [0, 0.1) is 5.92 Å². The maximum Gasteiger partial charge on any atom is 0.162 e. The molecule has 3 rings (SSSR count). The number of hydrogen-bond donors (Lipinski definition) is 1. The van der Waals surface area contributed by atoms with E-state index in [9.17, 15) is 0 Å². The van der Waals surface area contributed by atoms with E-state index in [4.69, 9.17) is 15.2 Å². The van der Waals surface area contributed by atoms with Crippen LogP contribution in [0.5, 0.6) is 11.5 Å². The van der Waals surface area contributed by atoms with Crippen molar-refractivity contribution in [2.45, 2.75) is 38.1 Å². The second-order valence-electron chi connectivity index (χ2n) is 6.48. The molecule has 0 saturated heterocycles. The normalized spacial score (nSPS) is 25.2. The Morgan fingerprint density at radius 1 is 1.18 bits per heavy atom. The van der Waals surface area contributed by atoms with Crippen molar-refractivity contribution in [1.82, 2.24) is 4.98 Å². The maximum absolute atomic E-state index is 6.69. The Morgan fingerprint density at radius 2 is 1.91 bits per heavy atom. The highest BCUT2D eigenvalue weighted by Crippen LogP contribution is 2.39. The molecule has 22 heavy (non-hydrogen) atoms. The highest BCUT2D eigenvalue weighted by atomic mass is 16.5. The molecule has 4 heteroatoms. The van der Waals surface area contributed by atoms with Crippen molar-refractivity contribution in [3.63, 3.8) is 0 Å². The van der Waals surface area contributed by atoms with Crippen molar-refractivity contribution in [1.29, 1.82) is 0 Å². The molecule has 2 atom stereocenters. The van der Waals surface area contributed by atoms with Crippen LogP contribution in [0.2, 0.25) is 0 Å². The molecule has 1 fully saturated rings. The van der Waals surface area contributed by atoms with Gasteiger partial charge in [-0.1, -0.05) is 19.8 Å². The maximum atomic E-state index is 6.69. The van der Waals surface area contributed by atoms with Crippen molar-refractivity contribution < 1.29 is 9.47 Å². The van der Waals surface area contributed by atoms with Gasteiger partial charge >= 0.3 is 0 Å². The van der Waals surface area contributed by atoms with Gasteiger partial charge in [-0.2, -0.15) is 0 Å². The lowest BCUT2D eigenvalue weighted by molar-refractivity contribution is 0.239. The minimum atomic E-state index is -0.258. The number of aromatic nitrogens is 1. The molecule has 0 spiro atoms. The molecule has 0 aliphatic heterocycles. The van der Waals surface area contributed by atoms with E-state index in [0.717, 1.165) is 35.1 Å². The van der Waals surface area contributed by atoms with E-state index < -0.39 is 0 Å². The second-order valence-corrected chi connectivity index (χ2v) is 6.48. The van der Waals surface area contributed by atoms with E-state index in [2.05, 4.69) is 18.0 Å². The van der Waals surface area contributed by atoms with E-state index >= 15 is 0 Å². The minimum absolute atomic E-state index is 0.258. The summed E-state index contributed by atoms with van der Waals surface area (Å²) < 4.78 is 10.7. The summed E-state index contributed by atoms with van der Waals surface area (Å²) in [6, 6.07) is 6.03. The molecule has 1 aliphatic carbocycles. The Balaban J connectivity index is 2.05. The summed E-state index contributed by atoms with van der Waals surface area (Å²) in [5, 5.41) is 1.04. The van der Waals surface area contributed by atoms with Crippen molar-refractivity contribution in [3.8, 4) is 11.5 Å². The first-order valence-electron chi connectivity index (χ1n) is 7.87. The van der Waals surface area contributed by atoms with Gasteiger partial charge in [-0.25, -0.2) is 0 Å². The first kappa shape index (κ1) is 15.1. The molecule has 1 saturated carbocycles. The van der Waals surface area contributed by atoms with Gasteiger partial charge in [0.05, 0.1) is 19.7 Å². The number of nitrogens with zero attached hydrogens (tertiary/aromatic N) is 1. The largest absolute Gasteiger partial charge is 0.493 e. The summed E-state index contributed by atoms with van der Waals surface area (Å²) in [6.07, 6.45) is 6.42. The molecule has 0 amide bonds. The molecule has 0 unspecified atom stereocenters. The number of pyridine rings is 1. The summed E-state index contributed by atoms with van der Waals surface area (Å²) >= 11 is 0. The van der Waals surface area contributed by atoms with Crippen LogP contribution in [0.1, 0.15) is 38.2 Å². The molecule has 0 radical (unpaired) electrons. The third kappa shape index (κ3) is 2.63. The van der Waals surface area contributed by atoms with Gasteiger partial charge in [-0.05, 0) is 36.5 Å². The number of rotatable bonds is 3. The second kappa shape index (κ2) is 5.76. The van der Waals surface area contributed by atoms with Gasteiger partial charge in [0.2, 0.25) is 0 Å². The third-order valence-corrected chi connectivity index (χ3v) is 4.79. The summed E-state index contributed by atoms with van der Waals surface area (Å²) in [7, 11) is 3.28. The zero-order chi connectivity index (χ0) is 15.7. The fourth-order valence-corrected chi connectivity index (χ4v) is 3.58. The van der Waals surface area contributed by atoms with Crippen LogP contribution in [-0.4, -0.2) is 19.2 Å². The number of fused-ring (bicyclic) bond motifs is 1. The van der Waals surface area contributed by atoms with E-state index in [1.54, 1.807) is 14.2 Å². The Kier molecular flexibility index (Phi) is 3.96. The van der Waals surface area contributed by atoms with E-state index in [-0.39, 0.29) is 5.54 Å². The van der Waals surface area contributed by atoms with Crippen molar-refractivity contribution in [2.75, 3.05) is 14.2 Å². The zero-order valence-corrected chi connectivity index (χ0v) is 13.6. The molecule has 4 nitrogen and oxygen atoms in total. The fraction of sp³-hybridized carbons (Fsp3) is 0.500. The van der Waals surface area contributed by atoms with Crippen LogP contribution in [0.25, 0.3) is 10.9 Å². The molecular formula is C18H24N2O2. The molecule has 1 aromatic heterocycles. The molecule has 0 bridgehead atoms. The van der Waals surface area contributed by atoms with Crippen molar-refractivity contribution >= 4 is 10.9 Å². The Labute approximate surface area is 131 Å². The lowest BCUT2D eigenvalue weighted by Crippen LogP contribution is -2.41. The van der Waals surface area contributed by atoms with Gasteiger partial charge in [-0.15, -0.1) is 0 Å². The average molecular weight is 300 g/mol. The lowest BCUT2D eigenvalue weighted by atomic mass is 9.73. The third-order valence-electron chi connectivity index (χ3n) is 4.79. The topological polar surface area (TPSA) is 57.4 Å². The smallest absolute Gasteiger partial charge is 0.162 e. The molecule has 1 heterocycles. The molecule has 1 aromatic carbocycles.